The van der Waals surface area contributed by atoms with Crippen LogP contribution in [0.5, 0.6) is 0 Å². The predicted molar refractivity (Wildman–Crippen MR) is 75.7 cm³/mol. The summed E-state index contributed by atoms with van der Waals surface area (Å²) in [6.45, 7) is 0.912. The van der Waals surface area contributed by atoms with Crippen LogP contribution in [-0.4, -0.2) is 29.0 Å². The first-order valence-corrected chi connectivity index (χ1v) is 7.02. The molecule has 1 aromatic heterocycles. The molecule has 2 unspecified atom stereocenters. The fourth-order valence-corrected chi connectivity index (χ4v) is 3.09. The fourth-order valence-electron chi connectivity index (χ4n) is 3.09. The molecular weight excluding hydrogens is 238 g/mol. The standard InChI is InChI=1S/C15H21N3O/c1-18(14-5-3-2-4-12(14)16)9-11-6-7-13-15(8-11)19-10-17-13/h6-8,10,12,14H,2-5,9,16H2,1H3. The number of rotatable bonds is 3. The Bertz CT molecular complexity index is 551. The number of benzene rings is 1. The number of hydrogen-bond acceptors (Lipinski definition) is 4. The van der Waals surface area contributed by atoms with Gasteiger partial charge in [0.2, 0.25) is 0 Å². The van der Waals surface area contributed by atoms with Crippen molar-refractivity contribution in [3.05, 3.63) is 30.2 Å². The maximum absolute atomic E-state index is 6.24. The van der Waals surface area contributed by atoms with E-state index in [1.54, 1.807) is 0 Å². The smallest absolute Gasteiger partial charge is 0.181 e. The van der Waals surface area contributed by atoms with E-state index in [2.05, 4.69) is 29.1 Å². The Morgan fingerprint density at radius 1 is 1.37 bits per heavy atom. The molecular formula is C15H21N3O. The van der Waals surface area contributed by atoms with Gasteiger partial charge in [-0.2, -0.15) is 0 Å². The van der Waals surface area contributed by atoms with E-state index in [0.29, 0.717) is 12.1 Å². The molecule has 0 amide bonds. The predicted octanol–water partition coefficient (Wildman–Crippen LogP) is 2.53. The Hall–Kier alpha value is -1.39. The SMILES string of the molecule is CN(Cc1ccc2ncoc2c1)C1CCCCC1N. The van der Waals surface area contributed by atoms with E-state index in [0.717, 1.165) is 24.1 Å². The van der Waals surface area contributed by atoms with Crippen LogP contribution in [-0.2, 0) is 6.54 Å². The van der Waals surface area contributed by atoms with E-state index in [9.17, 15) is 0 Å². The average molecular weight is 259 g/mol. The second-order valence-corrected chi connectivity index (χ2v) is 5.59. The second-order valence-electron chi connectivity index (χ2n) is 5.59. The molecule has 2 atom stereocenters. The minimum atomic E-state index is 0.313. The van der Waals surface area contributed by atoms with Gasteiger partial charge in [-0.05, 0) is 37.6 Å². The Balaban J connectivity index is 1.72. The lowest BCUT2D eigenvalue weighted by molar-refractivity contribution is 0.162. The molecule has 1 aliphatic carbocycles. The van der Waals surface area contributed by atoms with Crippen molar-refractivity contribution in [2.75, 3.05) is 7.05 Å². The van der Waals surface area contributed by atoms with Crippen LogP contribution in [0.2, 0.25) is 0 Å². The molecule has 0 aliphatic heterocycles. The molecule has 102 valence electrons. The molecule has 4 heteroatoms. The molecule has 4 nitrogen and oxygen atoms in total. The van der Waals surface area contributed by atoms with Gasteiger partial charge in [0.15, 0.2) is 12.0 Å². The number of oxazole rings is 1. The van der Waals surface area contributed by atoms with Crippen molar-refractivity contribution in [3.63, 3.8) is 0 Å². The van der Waals surface area contributed by atoms with E-state index in [4.69, 9.17) is 10.2 Å². The highest BCUT2D eigenvalue weighted by Crippen LogP contribution is 2.23. The van der Waals surface area contributed by atoms with Crippen molar-refractivity contribution in [1.29, 1.82) is 0 Å². The molecule has 1 aromatic carbocycles. The van der Waals surface area contributed by atoms with Crippen LogP contribution in [0.15, 0.2) is 29.0 Å². The van der Waals surface area contributed by atoms with Gasteiger partial charge in [0.05, 0.1) is 0 Å². The van der Waals surface area contributed by atoms with Gasteiger partial charge < -0.3 is 10.2 Å². The van der Waals surface area contributed by atoms with Crippen LogP contribution >= 0.6 is 0 Å². The summed E-state index contributed by atoms with van der Waals surface area (Å²) in [7, 11) is 2.17. The van der Waals surface area contributed by atoms with E-state index >= 15 is 0 Å². The molecule has 0 saturated heterocycles. The zero-order chi connectivity index (χ0) is 13.2. The summed E-state index contributed by atoms with van der Waals surface area (Å²) in [6.07, 6.45) is 6.42. The molecule has 0 radical (unpaired) electrons. The van der Waals surface area contributed by atoms with Crippen LogP contribution in [0.3, 0.4) is 0 Å². The summed E-state index contributed by atoms with van der Waals surface area (Å²) in [6, 6.07) is 7.03. The Morgan fingerprint density at radius 3 is 3.05 bits per heavy atom. The van der Waals surface area contributed by atoms with Crippen molar-refractivity contribution < 1.29 is 4.42 Å². The highest BCUT2D eigenvalue weighted by atomic mass is 16.3. The zero-order valence-corrected chi connectivity index (χ0v) is 11.4. The minimum Gasteiger partial charge on any atom is -0.443 e. The first-order valence-electron chi connectivity index (χ1n) is 7.02. The zero-order valence-electron chi connectivity index (χ0n) is 11.4. The van der Waals surface area contributed by atoms with E-state index in [-0.39, 0.29) is 0 Å². The number of nitrogens with two attached hydrogens (primary N) is 1. The second kappa shape index (κ2) is 5.31. The van der Waals surface area contributed by atoms with Gasteiger partial charge in [0.25, 0.3) is 0 Å². The van der Waals surface area contributed by atoms with Crippen molar-refractivity contribution in [3.8, 4) is 0 Å². The summed E-state index contributed by atoms with van der Waals surface area (Å²) >= 11 is 0. The van der Waals surface area contributed by atoms with Crippen LogP contribution in [0.1, 0.15) is 31.2 Å². The molecule has 2 aromatic rings. The minimum absolute atomic E-state index is 0.313. The summed E-state index contributed by atoms with van der Waals surface area (Å²) in [5.41, 5.74) is 9.27. The number of nitrogens with zero attached hydrogens (tertiary/aromatic N) is 2. The topological polar surface area (TPSA) is 55.3 Å². The summed E-state index contributed by atoms with van der Waals surface area (Å²) in [4.78, 5) is 6.52. The van der Waals surface area contributed by atoms with Gasteiger partial charge in [-0.15, -0.1) is 0 Å². The molecule has 1 saturated carbocycles. The highest BCUT2D eigenvalue weighted by molar-refractivity contribution is 5.72. The van der Waals surface area contributed by atoms with Gasteiger partial charge in [-0.3, -0.25) is 4.90 Å². The quantitative estimate of drug-likeness (QED) is 0.920. The third-order valence-electron chi connectivity index (χ3n) is 4.18. The lowest BCUT2D eigenvalue weighted by Gasteiger charge is -2.36. The summed E-state index contributed by atoms with van der Waals surface area (Å²) in [5, 5.41) is 0. The maximum Gasteiger partial charge on any atom is 0.181 e. The monoisotopic (exact) mass is 259 g/mol. The van der Waals surface area contributed by atoms with Crippen LogP contribution in [0.4, 0.5) is 0 Å². The van der Waals surface area contributed by atoms with Crippen molar-refractivity contribution in [2.45, 2.75) is 44.3 Å². The number of aromatic nitrogens is 1. The van der Waals surface area contributed by atoms with Crippen molar-refractivity contribution in [1.82, 2.24) is 9.88 Å². The first-order chi connectivity index (χ1) is 9.24. The normalized spacial score (nSPS) is 24.2. The third kappa shape index (κ3) is 2.65. The molecule has 0 bridgehead atoms. The molecule has 0 spiro atoms. The average Bonchev–Trinajstić information content (AvgIpc) is 2.86. The Labute approximate surface area is 113 Å². The van der Waals surface area contributed by atoms with Gasteiger partial charge in [0.1, 0.15) is 5.52 Å². The third-order valence-corrected chi connectivity index (χ3v) is 4.18. The van der Waals surface area contributed by atoms with E-state index in [1.807, 2.05) is 6.07 Å². The van der Waals surface area contributed by atoms with Gasteiger partial charge in [-0.25, -0.2) is 4.98 Å². The lowest BCUT2D eigenvalue weighted by Crippen LogP contribution is -2.47. The van der Waals surface area contributed by atoms with Crippen LogP contribution in [0.25, 0.3) is 11.1 Å². The largest absolute Gasteiger partial charge is 0.443 e. The van der Waals surface area contributed by atoms with Gasteiger partial charge >= 0.3 is 0 Å². The van der Waals surface area contributed by atoms with Crippen LogP contribution in [0, 0.1) is 0 Å². The van der Waals surface area contributed by atoms with Crippen molar-refractivity contribution in [2.24, 2.45) is 5.73 Å². The fraction of sp³-hybridized carbons (Fsp3) is 0.533. The van der Waals surface area contributed by atoms with Crippen molar-refractivity contribution >= 4 is 11.1 Å². The lowest BCUT2D eigenvalue weighted by atomic mass is 9.90. The molecule has 2 N–H and O–H groups in total. The number of likely N-dealkylation sites (N-methyl/N-ethyl adjacent to an activating group) is 1. The molecule has 3 rings (SSSR count). The van der Waals surface area contributed by atoms with Gasteiger partial charge in [0, 0.05) is 18.6 Å². The number of fused-ring (bicyclic) bond motifs is 1. The molecule has 1 fully saturated rings. The summed E-state index contributed by atoms with van der Waals surface area (Å²) in [5.74, 6) is 0. The summed E-state index contributed by atoms with van der Waals surface area (Å²) < 4.78 is 5.35. The van der Waals surface area contributed by atoms with E-state index < -0.39 is 0 Å². The van der Waals surface area contributed by atoms with Gasteiger partial charge in [-0.1, -0.05) is 18.9 Å². The molecule has 1 aliphatic rings. The first kappa shape index (κ1) is 12.6. The Kier molecular flexibility index (Phi) is 3.53. The molecule has 19 heavy (non-hydrogen) atoms. The van der Waals surface area contributed by atoms with E-state index in [1.165, 1.54) is 31.2 Å². The molecule has 1 heterocycles. The Morgan fingerprint density at radius 2 is 2.21 bits per heavy atom. The number of hydrogen-bond donors (Lipinski definition) is 1. The van der Waals surface area contributed by atoms with Crippen LogP contribution < -0.4 is 5.73 Å². The highest BCUT2D eigenvalue weighted by Gasteiger charge is 2.25. The maximum atomic E-state index is 6.24.